The number of nitrogens with zero attached hydrogens (tertiary/aromatic N) is 1. The van der Waals surface area contributed by atoms with Crippen LogP contribution < -0.4 is 0 Å². The smallest absolute Gasteiger partial charge is 0.102 e. The summed E-state index contributed by atoms with van der Waals surface area (Å²) in [6, 6.07) is 8.80. The van der Waals surface area contributed by atoms with Gasteiger partial charge in [0, 0.05) is 12.6 Å². The Morgan fingerprint density at radius 1 is 1.31 bits per heavy atom. The molecule has 0 radical (unpaired) electrons. The van der Waals surface area contributed by atoms with Crippen LogP contribution in [0.4, 0.5) is 4.39 Å². The number of fused-ring (bicyclic) bond motifs is 1. The van der Waals surface area contributed by atoms with Crippen molar-refractivity contribution < 1.29 is 4.39 Å². The molecule has 0 saturated heterocycles. The zero-order valence-corrected chi connectivity index (χ0v) is 9.32. The summed E-state index contributed by atoms with van der Waals surface area (Å²) in [7, 11) is 0. The number of terminal acetylenes is 1. The van der Waals surface area contributed by atoms with Crippen LogP contribution in [0.15, 0.2) is 24.3 Å². The molecule has 2 heteroatoms. The predicted molar refractivity (Wildman–Crippen MR) is 64.0 cm³/mol. The van der Waals surface area contributed by atoms with Crippen LogP contribution in [-0.2, 0) is 12.8 Å². The molecule has 0 atom stereocenters. The Labute approximate surface area is 96.3 Å². The highest BCUT2D eigenvalue weighted by atomic mass is 19.1. The van der Waals surface area contributed by atoms with E-state index in [0.717, 1.165) is 12.8 Å². The second kappa shape index (κ2) is 5.14. The van der Waals surface area contributed by atoms with Gasteiger partial charge in [0.2, 0.25) is 0 Å². The molecule has 2 rings (SSSR count). The van der Waals surface area contributed by atoms with Crippen molar-refractivity contribution in [2.75, 3.05) is 19.8 Å². The van der Waals surface area contributed by atoms with E-state index in [-0.39, 0.29) is 6.67 Å². The van der Waals surface area contributed by atoms with Crippen molar-refractivity contribution in [1.29, 1.82) is 0 Å². The van der Waals surface area contributed by atoms with E-state index in [4.69, 9.17) is 6.42 Å². The summed E-state index contributed by atoms with van der Waals surface area (Å²) in [5.74, 6) is 2.62. The maximum Gasteiger partial charge on any atom is 0.102 e. The number of rotatable bonds is 4. The summed E-state index contributed by atoms with van der Waals surface area (Å²) in [4.78, 5) is 2.07. The van der Waals surface area contributed by atoms with Gasteiger partial charge < -0.3 is 0 Å². The van der Waals surface area contributed by atoms with Crippen LogP contribution in [0.25, 0.3) is 0 Å². The molecule has 0 unspecified atom stereocenters. The first-order valence-corrected chi connectivity index (χ1v) is 5.65. The fraction of sp³-hybridized carbons (Fsp3) is 0.429. The molecule has 0 amide bonds. The van der Waals surface area contributed by atoms with Crippen molar-refractivity contribution >= 4 is 0 Å². The molecule has 1 aromatic rings. The Hall–Kier alpha value is -1.33. The van der Waals surface area contributed by atoms with Gasteiger partial charge in [-0.15, -0.1) is 6.42 Å². The SMILES string of the molecule is C#CCN(CCF)C1Cc2ccccc2C1. The van der Waals surface area contributed by atoms with E-state index in [1.165, 1.54) is 11.1 Å². The monoisotopic (exact) mass is 217 g/mol. The summed E-state index contributed by atoms with van der Waals surface area (Å²) in [5, 5.41) is 0. The van der Waals surface area contributed by atoms with E-state index < -0.39 is 0 Å². The maximum atomic E-state index is 12.4. The van der Waals surface area contributed by atoms with Crippen molar-refractivity contribution in [3.05, 3.63) is 35.4 Å². The molecule has 0 fully saturated rings. The van der Waals surface area contributed by atoms with Gasteiger partial charge in [0.05, 0.1) is 6.54 Å². The topological polar surface area (TPSA) is 3.24 Å². The van der Waals surface area contributed by atoms with Gasteiger partial charge in [0.1, 0.15) is 6.67 Å². The molecule has 0 spiro atoms. The molecule has 16 heavy (non-hydrogen) atoms. The molecular weight excluding hydrogens is 201 g/mol. The zero-order valence-electron chi connectivity index (χ0n) is 9.32. The summed E-state index contributed by atoms with van der Waals surface area (Å²) in [6.07, 6.45) is 7.31. The van der Waals surface area contributed by atoms with Gasteiger partial charge in [0.25, 0.3) is 0 Å². The molecule has 1 nitrogen and oxygen atoms in total. The van der Waals surface area contributed by atoms with Crippen LogP contribution in [0.5, 0.6) is 0 Å². The van der Waals surface area contributed by atoms with Crippen LogP contribution in [0.3, 0.4) is 0 Å². The van der Waals surface area contributed by atoms with Crippen molar-refractivity contribution in [2.45, 2.75) is 18.9 Å². The van der Waals surface area contributed by atoms with Gasteiger partial charge in [-0.3, -0.25) is 4.90 Å². The molecule has 0 aliphatic heterocycles. The molecular formula is C14H16FN. The normalized spacial score (nSPS) is 15.1. The van der Waals surface area contributed by atoms with E-state index in [1.807, 2.05) is 0 Å². The lowest BCUT2D eigenvalue weighted by Crippen LogP contribution is -2.37. The molecule has 1 aliphatic rings. The van der Waals surface area contributed by atoms with Crippen molar-refractivity contribution in [3.63, 3.8) is 0 Å². The molecule has 0 heterocycles. The fourth-order valence-electron chi connectivity index (χ4n) is 2.41. The molecule has 0 N–H and O–H groups in total. The first-order chi connectivity index (χ1) is 7.85. The highest BCUT2D eigenvalue weighted by Crippen LogP contribution is 2.25. The summed E-state index contributed by atoms with van der Waals surface area (Å²) in [6.45, 7) is 0.667. The van der Waals surface area contributed by atoms with E-state index in [9.17, 15) is 4.39 Å². The summed E-state index contributed by atoms with van der Waals surface area (Å²) in [5.41, 5.74) is 2.77. The van der Waals surface area contributed by atoms with Crippen molar-refractivity contribution in [3.8, 4) is 12.3 Å². The minimum atomic E-state index is -0.325. The minimum Gasteiger partial charge on any atom is -0.286 e. The van der Waals surface area contributed by atoms with Gasteiger partial charge in [-0.25, -0.2) is 4.39 Å². The predicted octanol–water partition coefficient (Wildman–Crippen LogP) is 2.06. The van der Waals surface area contributed by atoms with Gasteiger partial charge in [-0.1, -0.05) is 30.2 Å². The lowest BCUT2D eigenvalue weighted by Gasteiger charge is -2.25. The Morgan fingerprint density at radius 3 is 2.44 bits per heavy atom. The summed E-state index contributed by atoms with van der Waals surface area (Å²) >= 11 is 0. The van der Waals surface area contributed by atoms with E-state index >= 15 is 0 Å². The van der Waals surface area contributed by atoms with Gasteiger partial charge >= 0.3 is 0 Å². The largest absolute Gasteiger partial charge is 0.286 e. The minimum absolute atomic E-state index is 0.325. The van der Waals surface area contributed by atoms with Gasteiger partial charge in [0.15, 0.2) is 0 Å². The number of alkyl halides is 1. The average Bonchev–Trinajstić information content (AvgIpc) is 2.72. The van der Waals surface area contributed by atoms with E-state index in [0.29, 0.717) is 19.1 Å². The first-order valence-electron chi connectivity index (χ1n) is 5.65. The Balaban J connectivity index is 2.06. The lowest BCUT2D eigenvalue weighted by molar-refractivity contribution is 0.208. The van der Waals surface area contributed by atoms with Crippen LogP contribution >= 0.6 is 0 Å². The molecule has 1 aromatic carbocycles. The molecule has 0 aromatic heterocycles. The number of benzene rings is 1. The van der Waals surface area contributed by atoms with E-state index in [1.54, 1.807) is 0 Å². The van der Waals surface area contributed by atoms with Crippen molar-refractivity contribution in [2.24, 2.45) is 0 Å². The Kier molecular flexibility index (Phi) is 3.58. The molecule has 84 valence electrons. The molecule has 1 aliphatic carbocycles. The van der Waals surface area contributed by atoms with Crippen molar-refractivity contribution in [1.82, 2.24) is 4.90 Å². The zero-order chi connectivity index (χ0) is 11.4. The van der Waals surface area contributed by atoms with Gasteiger partial charge in [-0.05, 0) is 24.0 Å². The second-order valence-corrected chi connectivity index (χ2v) is 4.19. The standard InChI is InChI=1S/C14H16FN/c1-2-8-16(9-7-15)14-10-12-5-3-4-6-13(12)11-14/h1,3-6,14H,7-11H2. The fourth-order valence-corrected chi connectivity index (χ4v) is 2.41. The first kappa shape index (κ1) is 11.2. The number of hydrogen-bond donors (Lipinski definition) is 0. The molecule has 0 bridgehead atoms. The third-order valence-electron chi connectivity index (χ3n) is 3.21. The van der Waals surface area contributed by atoms with Crippen LogP contribution in [0.1, 0.15) is 11.1 Å². The maximum absolute atomic E-state index is 12.4. The number of halogens is 1. The van der Waals surface area contributed by atoms with Crippen LogP contribution in [0.2, 0.25) is 0 Å². The third-order valence-corrected chi connectivity index (χ3v) is 3.21. The molecule has 0 saturated carbocycles. The van der Waals surface area contributed by atoms with Crippen LogP contribution in [0, 0.1) is 12.3 Å². The lowest BCUT2D eigenvalue weighted by atomic mass is 10.1. The second-order valence-electron chi connectivity index (χ2n) is 4.19. The van der Waals surface area contributed by atoms with Crippen LogP contribution in [-0.4, -0.2) is 30.7 Å². The Bertz CT molecular complexity index is 369. The van der Waals surface area contributed by atoms with E-state index in [2.05, 4.69) is 35.1 Å². The highest BCUT2D eigenvalue weighted by molar-refractivity contribution is 5.33. The average molecular weight is 217 g/mol. The Morgan fingerprint density at radius 2 is 1.94 bits per heavy atom. The highest BCUT2D eigenvalue weighted by Gasteiger charge is 2.25. The van der Waals surface area contributed by atoms with Gasteiger partial charge in [-0.2, -0.15) is 0 Å². The summed E-state index contributed by atoms with van der Waals surface area (Å²) < 4.78 is 12.4. The number of hydrogen-bond acceptors (Lipinski definition) is 1. The quantitative estimate of drug-likeness (QED) is 0.698. The third kappa shape index (κ3) is 2.25.